The first-order valence-corrected chi connectivity index (χ1v) is 8.17. The van der Waals surface area contributed by atoms with E-state index in [0.717, 1.165) is 5.56 Å². The highest BCUT2D eigenvalue weighted by Crippen LogP contribution is 2.23. The van der Waals surface area contributed by atoms with Crippen LogP contribution >= 0.6 is 0 Å². The molecule has 1 aliphatic heterocycles. The fourth-order valence-electron chi connectivity index (χ4n) is 2.91. The smallest absolute Gasteiger partial charge is 0.269 e. The first kappa shape index (κ1) is 17.8. The van der Waals surface area contributed by atoms with Crippen LogP contribution in [0.15, 0.2) is 48.5 Å². The van der Waals surface area contributed by atoms with E-state index in [9.17, 15) is 19.3 Å². The number of nitrogens with zero attached hydrogens (tertiary/aromatic N) is 2. The van der Waals surface area contributed by atoms with Crippen molar-refractivity contribution in [1.29, 1.82) is 0 Å². The van der Waals surface area contributed by atoms with Gasteiger partial charge in [-0.15, -0.1) is 0 Å². The Morgan fingerprint density at radius 2 is 2.08 bits per heavy atom. The fraction of sp³-hybridized carbons (Fsp3) is 0.278. The van der Waals surface area contributed by atoms with Crippen LogP contribution in [0.1, 0.15) is 11.6 Å². The van der Waals surface area contributed by atoms with Gasteiger partial charge in [0.05, 0.1) is 11.0 Å². The number of piperazine rings is 1. The highest BCUT2D eigenvalue weighted by Gasteiger charge is 2.28. The molecule has 2 aromatic carbocycles. The van der Waals surface area contributed by atoms with Gasteiger partial charge in [-0.3, -0.25) is 14.9 Å². The van der Waals surface area contributed by atoms with Crippen LogP contribution in [0.25, 0.3) is 0 Å². The number of nitro groups is 1. The lowest BCUT2D eigenvalue weighted by Gasteiger charge is -2.36. The Balaban J connectivity index is 1.66. The number of ether oxygens (including phenoxy) is 1. The van der Waals surface area contributed by atoms with Gasteiger partial charge < -0.3 is 15.0 Å². The number of halogens is 1. The van der Waals surface area contributed by atoms with Crippen LogP contribution in [0.3, 0.4) is 0 Å². The number of carbonyl (C=O) groups excluding carboxylic acids is 1. The minimum absolute atomic E-state index is 0.0445. The highest BCUT2D eigenvalue weighted by molar-refractivity contribution is 5.78. The van der Waals surface area contributed by atoms with E-state index in [2.05, 4.69) is 5.32 Å². The number of nitrogens with one attached hydrogen (secondary N) is 1. The number of nitro benzene ring substituents is 1. The van der Waals surface area contributed by atoms with Crippen molar-refractivity contribution in [2.45, 2.75) is 6.04 Å². The van der Waals surface area contributed by atoms with Gasteiger partial charge in [-0.2, -0.15) is 0 Å². The molecule has 1 heterocycles. The summed E-state index contributed by atoms with van der Waals surface area (Å²) in [5.74, 6) is -0.192. The van der Waals surface area contributed by atoms with Gasteiger partial charge in [-0.25, -0.2) is 4.39 Å². The second kappa shape index (κ2) is 7.92. The number of amides is 1. The number of hydrogen-bond acceptors (Lipinski definition) is 5. The van der Waals surface area contributed by atoms with Crippen LogP contribution in [0.2, 0.25) is 0 Å². The zero-order valence-electron chi connectivity index (χ0n) is 13.9. The highest BCUT2D eigenvalue weighted by atomic mass is 19.1. The van der Waals surface area contributed by atoms with Crippen molar-refractivity contribution in [2.75, 3.05) is 26.2 Å². The molecule has 0 bridgehead atoms. The Hall–Kier alpha value is -3.00. The van der Waals surface area contributed by atoms with E-state index in [1.165, 1.54) is 36.4 Å². The molecule has 1 atom stereocenters. The second-order valence-corrected chi connectivity index (χ2v) is 5.90. The van der Waals surface area contributed by atoms with E-state index in [1.807, 2.05) is 0 Å². The molecule has 26 heavy (non-hydrogen) atoms. The third kappa shape index (κ3) is 4.15. The van der Waals surface area contributed by atoms with Crippen molar-refractivity contribution in [2.24, 2.45) is 0 Å². The van der Waals surface area contributed by atoms with Gasteiger partial charge >= 0.3 is 0 Å². The first-order chi connectivity index (χ1) is 12.5. The van der Waals surface area contributed by atoms with Crippen LogP contribution < -0.4 is 10.1 Å². The monoisotopic (exact) mass is 359 g/mol. The van der Waals surface area contributed by atoms with Gasteiger partial charge in [0, 0.05) is 31.8 Å². The predicted molar refractivity (Wildman–Crippen MR) is 92.3 cm³/mol. The Kier molecular flexibility index (Phi) is 5.43. The van der Waals surface area contributed by atoms with Crippen LogP contribution in [0.4, 0.5) is 10.1 Å². The van der Waals surface area contributed by atoms with E-state index in [1.54, 1.807) is 17.0 Å². The second-order valence-electron chi connectivity index (χ2n) is 5.90. The molecule has 8 heteroatoms. The lowest BCUT2D eigenvalue weighted by Crippen LogP contribution is -2.50. The number of non-ortho nitro benzene ring substituents is 1. The van der Waals surface area contributed by atoms with Crippen molar-refractivity contribution in [3.8, 4) is 5.75 Å². The van der Waals surface area contributed by atoms with Crippen molar-refractivity contribution >= 4 is 11.6 Å². The molecule has 1 aliphatic rings. The standard InChI is InChI=1S/C18H18FN3O4/c19-14-3-1-2-13(10-14)17-11-20-8-9-21(17)18(23)12-26-16-6-4-15(5-7-16)22(24)25/h1-7,10,17,20H,8-9,11-12H2. The van der Waals surface area contributed by atoms with Crippen LogP contribution in [0, 0.1) is 15.9 Å². The average molecular weight is 359 g/mol. The third-order valence-electron chi connectivity index (χ3n) is 4.21. The number of benzene rings is 2. The molecule has 0 spiro atoms. The zero-order valence-corrected chi connectivity index (χ0v) is 13.9. The van der Waals surface area contributed by atoms with E-state index < -0.39 is 4.92 Å². The molecule has 1 amide bonds. The summed E-state index contributed by atoms with van der Waals surface area (Å²) >= 11 is 0. The summed E-state index contributed by atoms with van der Waals surface area (Å²) in [6, 6.07) is 11.5. The molecule has 7 nitrogen and oxygen atoms in total. The topological polar surface area (TPSA) is 84.7 Å². The van der Waals surface area contributed by atoms with Crippen LogP contribution in [-0.4, -0.2) is 42.0 Å². The zero-order chi connectivity index (χ0) is 18.5. The Labute approximate surface area is 149 Å². The third-order valence-corrected chi connectivity index (χ3v) is 4.21. The molecule has 1 fully saturated rings. The van der Waals surface area contributed by atoms with Crippen molar-refractivity contribution in [3.05, 3.63) is 70.0 Å². The number of carbonyl (C=O) groups is 1. The SMILES string of the molecule is O=C(COc1ccc([N+](=O)[O-])cc1)N1CCNCC1c1cccc(F)c1. The molecule has 3 rings (SSSR count). The van der Waals surface area contributed by atoms with E-state index >= 15 is 0 Å². The minimum atomic E-state index is -0.501. The van der Waals surface area contributed by atoms with E-state index in [4.69, 9.17) is 4.74 Å². The summed E-state index contributed by atoms with van der Waals surface area (Å²) in [5, 5.41) is 13.9. The summed E-state index contributed by atoms with van der Waals surface area (Å²) < 4.78 is 19.0. The molecule has 0 aromatic heterocycles. The van der Waals surface area contributed by atoms with Crippen molar-refractivity contribution in [1.82, 2.24) is 10.2 Å². The average Bonchev–Trinajstić information content (AvgIpc) is 2.66. The molecule has 0 saturated carbocycles. The molecule has 1 N–H and O–H groups in total. The molecule has 1 saturated heterocycles. The summed E-state index contributed by atoms with van der Waals surface area (Å²) in [6.07, 6.45) is 0. The van der Waals surface area contributed by atoms with Crippen molar-refractivity contribution in [3.63, 3.8) is 0 Å². The Morgan fingerprint density at radius 1 is 1.31 bits per heavy atom. The predicted octanol–water partition coefficient (Wildman–Crippen LogP) is 2.29. The lowest BCUT2D eigenvalue weighted by atomic mass is 10.0. The maximum Gasteiger partial charge on any atom is 0.269 e. The molecule has 0 radical (unpaired) electrons. The Morgan fingerprint density at radius 3 is 2.77 bits per heavy atom. The molecular formula is C18H18FN3O4. The molecule has 1 unspecified atom stereocenters. The van der Waals surface area contributed by atoms with Gasteiger partial charge in [-0.1, -0.05) is 12.1 Å². The summed E-state index contributed by atoms with van der Waals surface area (Å²) in [7, 11) is 0. The largest absolute Gasteiger partial charge is 0.484 e. The molecule has 0 aliphatic carbocycles. The van der Waals surface area contributed by atoms with E-state index in [-0.39, 0.29) is 30.1 Å². The summed E-state index contributed by atoms with van der Waals surface area (Å²) in [6.45, 7) is 1.48. The minimum Gasteiger partial charge on any atom is -0.484 e. The lowest BCUT2D eigenvalue weighted by molar-refractivity contribution is -0.384. The normalized spacial score (nSPS) is 17.0. The molecule has 136 valence electrons. The summed E-state index contributed by atoms with van der Waals surface area (Å²) in [4.78, 5) is 24.4. The quantitative estimate of drug-likeness (QED) is 0.654. The van der Waals surface area contributed by atoms with Crippen molar-refractivity contribution < 1.29 is 18.8 Å². The molecular weight excluding hydrogens is 341 g/mol. The van der Waals surface area contributed by atoms with Gasteiger partial charge in [0.2, 0.25) is 0 Å². The Bertz CT molecular complexity index is 797. The van der Waals surface area contributed by atoms with Gasteiger partial charge in [0.15, 0.2) is 6.61 Å². The van der Waals surface area contributed by atoms with Gasteiger partial charge in [-0.05, 0) is 29.8 Å². The van der Waals surface area contributed by atoms with Crippen LogP contribution in [-0.2, 0) is 4.79 Å². The maximum atomic E-state index is 13.5. The number of rotatable bonds is 5. The van der Waals surface area contributed by atoms with Gasteiger partial charge in [0.1, 0.15) is 11.6 Å². The summed E-state index contributed by atoms with van der Waals surface area (Å²) in [5.41, 5.74) is 0.679. The number of hydrogen-bond donors (Lipinski definition) is 1. The van der Waals surface area contributed by atoms with E-state index in [0.29, 0.717) is 25.4 Å². The first-order valence-electron chi connectivity index (χ1n) is 8.17. The van der Waals surface area contributed by atoms with Gasteiger partial charge in [0.25, 0.3) is 11.6 Å². The maximum absolute atomic E-state index is 13.5. The van der Waals surface area contributed by atoms with Crippen LogP contribution in [0.5, 0.6) is 5.75 Å². The molecule has 2 aromatic rings. The fourth-order valence-corrected chi connectivity index (χ4v) is 2.91.